The molecule has 0 radical (unpaired) electrons. The summed E-state index contributed by atoms with van der Waals surface area (Å²) in [4.78, 5) is 2.59. The summed E-state index contributed by atoms with van der Waals surface area (Å²) in [6.07, 6.45) is 6.19. The van der Waals surface area contributed by atoms with E-state index in [1.54, 1.807) is 0 Å². The van der Waals surface area contributed by atoms with Crippen molar-refractivity contribution in [2.24, 2.45) is 11.7 Å². The quantitative estimate of drug-likeness (QED) is 0.929. The lowest BCUT2D eigenvalue weighted by Crippen LogP contribution is -2.65. The molecule has 0 saturated heterocycles. The number of nitrogens with two attached hydrogens (primary N) is 1. The number of para-hydroxylation sites is 1. The Bertz CT molecular complexity index is 490. The van der Waals surface area contributed by atoms with E-state index >= 15 is 0 Å². The van der Waals surface area contributed by atoms with Crippen LogP contribution in [0.25, 0.3) is 0 Å². The van der Waals surface area contributed by atoms with Crippen molar-refractivity contribution in [2.45, 2.75) is 50.7 Å². The molecule has 3 atom stereocenters. The fourth-order valence-corrected chi connectivity index (χ4v) is 4.40. The summed E-state index contributed by atoms with van der Waals surface area (Å²) in [5.41, 5.74) is 9.13. The van der Waals surface area contributed by atoms with E-state index in [1.807, 2.05) is 7.11 Å². The molecule has 0 spiro atoms. The second-order valence-electron chi connectivity index (χ2n) is 6.83. The van der Waals surface area contributed by atoms with Crippen LogP contribution < -0.4 is 10.6 Å². The van der Waals surface area contributed by atoms with Crippen molar-refractivity contribution in [3.63, 3.8) is 0 Å². The molecule has 1 aliphatic heterocycles. The summed E-state index contributed by atoms with van der Waals surface area (Å²) >= 11 is 0. The van der Waals surface area contributed by atoms with Crippen LogP contribution in [0, 0.1) is 5.92 Å². The van der Waals surface area contributed by atoms with Gasteiger partial charge in [-0.05, 0) is 36.8 Å². The van der Waals surface area contributed by atoms with E-state index in [4.69, 9.17) is 10.5 Å². The maximum absolute atomic E-state index is 6.32. The van der Waals surface area contributed by atoms with Crippen LogP contribution in [0.15, 0.2) is 24.3 Å². The third-order valence-corrected chi connectivity index (χ3v) is 5.45. The fourth-order valence-electron chi connectivity index (χ4n) is 4.40. The Morgan fingerprint density at radius 2 is 2.14 bits per heavy atom. The molecular formula is C18H28N2O. The van der Waals surface area contributed by atoms with Gasteiger partial charge in [0.25, 0.3) is 0 Å². The zero-order chi connectivity index (χ0) is 14.9. The van der Waals surface area contributed by atoms with Gasteiger partial charge in [-0.2, -0.15) is 0 Å². The minimum absolute atomic E-state index is 0.0300. The van der Waals surface area contributed by atoms with Crippen molar-refractivity contribution in [3.8, 4) is 0 Å². The van der Waals surface area contributed by atoms with Crippen molar-refractivity contribution in [3.05, 3.63) is 29.8 Å². The summed E-state index contributed by atoms with van der Waals surface area (Å²) in [7, 11) is 1.85. The molecule has 1 aliphatic carbocycles. The van der Waals surface area contributed by atoms with E-state index in [2.05, 4.69) is 36.1 Å². The number of anilines is 1. The Hall–Kier alpha value is -1.06. The van der Waals surface area contributed by atoms with E-state index in [0.29, 0.717) is 12.5 Å². The van der Waals surface area contributed by atoms with Gasteiger partial charge in [0.2, 0.25) is 0 Å². The van der Waals surface area contributed by atoms with Crippen molar-refractivity contribution >= 4 is 5.69 Å². The Labute approximate surface area is 128 Å². The molecular weight excluding hydrogens is 260 g/mol. The lowest BCUT2D eigenvalue weighted by Gasteiger charge is -2.54. The lowest BCUT2D eigenvalue weighted by atomic mass is 9.75. The van der Waals surface area contributed by atoms with Crippen LogP contribution in [0.2, 0.25) is 0 Å². The standard InChI is InChI=1S/C18H28N2O/c1-14-11-15-7-3-4-8-16(15)20(12-14)18(13-19)10-6-5-9-17(18)21-2/h3-4,7-8,14,17H,5-6,9-13,19H2,1-2H3. The van der Waals surface area contributed by atoms with Gasteiger partial charge < -0.3 is 15.4 Å². The zero-order valence-electron chi connectivity index (χ0n) is 13.3. The third-order valence-electron chi connectivity index (χ3n) is 5.45. The molecule has 1 fully saturated rings. The van der Waals surface area contributed by atoms with Gasteiger partial charge in [0.15, 0.2) is 0 Å². The second-order valence-corrected chi connectivity index (χ2v) is 6.83. The molecule has 3 unspecified atom stereocenters. The Morgan fingerprint density at radius 1 is 1.33 bits per heavy atom. The normalized spacial score (nSPS) is 32.8. The average molecular weight is 288 g/mol. The van der Waals surface area contributed by atoms with E-state index in [1.165, 1.54) is 30.5 Å². The average Bonchev–Trinajstić information content (AvgIpc) is 2.53. The van der Waals surface area contributed by atoms with Crippen molar-refractivity contribution < 1.29 is 4.74 Å². The van der Waals surface area contributed by atoms with Gasteiger partial charge in [0, 0.05) is 25.9 Å². The molecule has 2 N–H and O–H groups in total. The zero-order valence-corrected chi connectivity index (χ0v) is 13.3. The molecule has 0 bridgehead atoms. The van der Waals surface area contributed by atoms with E-state index in [0.717, 1.165) is 19.4 Å². The Balaban J connectivity index is 2.04. The summed E-state index contributed by atoms with van der Waals surface area (Å²) < 4.78 is 5.88. The molecule has 1 saturated carbocycles. The molecule has 0 amide bonds. The number of ether oxygens (including phenoxy) is 1. The van der Waals surface area contributed by atoms with Gasteiger partial charge in [-0.3, -0.25) is 0 Å². The highest BCUT2D eigenvalue weighted by Crippen LogP contribution is 2.42. The minimum Gasteiger partial charge on any atom is -0.379 e. The lowest BCUT2D eigenvalue weighted by molar-refractivity contribution is 0.00389. The second kappa shape index (κ2) is 5.98. The molecule has 2 aliphatic rings. The van der Waals surface area contributed by atoms with Crippen molar-refractivity contribution in [1.82, 2.24) is 0 Å². The van der Waals surface area contributed by atoms with Crippen LogP contribution in [0.4, 0.5) is 5.69 Å². The highest BCUT2D eigenvalue weighted by molar-refractivity contribution is 5.58. The minimum atomic E-state index is -0.0300. The number of hydrogen-bond donors (Lipinski definition) is 1. The molecule has 3 heteroatoms. The van der Waals surface area contributed by atoms with Crippen molar-refractivity contribution in [1.29, 1.82) is 0 Å². The molecule has 3 rings (SSSR count). The van der Waals surface area contributed by atoms with Crippen LogP contribution in [0.5, 0.6) is 0 Å². The molecule has 1 aromatic rings. The predicted molar refractivity (Wildman–Crippen MR) is 87.7 cm³/mol. The van der Waals surface area contributed by atoms with E-state index in [-0.39, 0.29) is 11.6 Å². The SMILES string of the molecule is COC1CCCCC1(CN)N1CC(C)Cc2ccccc21. The predicted octanol–water partition coefficient (Wildman–Crippen LogP) is 2.97. The van der Waals surface area contributed by atoms with Crippen LogP contribution >= 0.6 is 0 Å². The van der Waals surface area contributed by atoms with E-state index < -0.39 is 0 Å². The van der Waals surface area contributed by atoms with E-state index in [9.17, 15) is 0 Å². The molecule has 1 aromatic carbocycles. The molecule has 0 aromatic heterocycles. The maximum atomic E-state index is 6.32. The third kappa shape index (κ3) is 2.47. The fraction of sp³-hybridized carbons (Fsp3) is 0.667. The summed E-state index contributed by atoms with van der Waals surface area (Å²) in [5.74, 6) is 0.669. The molecule has 1 heterocycles. The number of hydrogen-bond acceptors (Lipinski definition) is 3. The van der Waals surface area contributed by atoms with Gasteiger partial charge in [-0.15, -0.1) is 0 Å². The maximum Gasteiger partial charge on any atom is 0.0815 e. The monoisotopic (exact) mass is 288 g/mol. The summed E-state index contributed by atoms with van der Waals surface area (Å²) in [5, 5.41) is 0. The Morgan fingerprint density at radius 3 is 2.90 bits per heavy atom. The molecule has 21 heavy (non-hydrogen) atoms. The number of methoxy groups -OCH3 is 1. The first-order valence-corrected chi connectivity index (χ1v) is 8.29. The number of rotatable bonds is 3. The van der Waals surface area contributed by atoms with Gasteiger partial charge >= 0.3 is 0 Å². The van der Waals surface area contributed by atoms with Crippen LogP contribution in [-0.2, 0) is 11.2 Å². The highest BCUT2D eigenvalue weighted by atomic mass is 16.5. The molecule has 116 valence electrons. The van der Waals surface area contributed by atoms with Crippen LogP contribution in [0.3, 0.4) is 0 Å². The summed E-state index contributed by atoms with van der Waals surface area (Å²) in [6.45, 7) is 4.11. The Kier molecular flexibility index (Phi) is 4.23. The smallest absolute Gasteiger partial charge is 0.0815 e. The number of fused-ring (bicyclic) bond motifs is 1. The first-order valence-electron chi connectivity index (χ1n) is 8.29. The topological polar surface area (TPSA) is 38.5 Å². The van der Waals surface area contributed by atoms with Gasteiger partial charge in [0.05, 0.1) is 11.6 Å². The number of nitrogens with zero attached hydrogens (tertiary/aromatic N) is 1. The van der Waals surface area contributed by atoms with Gasteiger partial charge in [-0.1, -0.05) is 38.0 Å². The number of benzene rings is 1. The molecule has 3 nitrogen and oxygen atoms in total. The largest absolute Gasteiger partial charge is 0.379 e. The first kappa shape index (κ1) is 14.9. The summed E-state index contributed by atoms with van der Waals surface area (Å²) in [6, 6.07) is 8.84. The van der Waals surface area contributed by atoms with Gasteiger partial charge in [-0.25, -0.2) is 0 Å². The van der Waals surface area contributed by atoms with Crippen LogP contribution in [0.1, 0.15) is 38.2 Å². The van der Waals surface area contributed by atoms with Gasteiger partial charge in [0.1, 0.15) is 0 Å². The van der Waals surface area contributed by atoms with Crippen molar-refractivity contribution in [2.75, 3.05) is 25.1 Å². The highest BCUT2D eigenvalue weighted by Gasteiger charge is 2.46. The first-order chi connectivity index (χ1) is 10.2. The van der Waals surface area contributed by atoms with Crippen LogP contribution in [-0.4, -0.2) is 31.8 Å².